The van der Waals surface area contributed by atoms with Gasteiger partial charge in [-0.05, 0) is 42.0 Å². The monoisotopic (exact) mass is 474 g/mol. The topological polar surface area (TPSA) is 89.8 Å². The van der Waals surface area contributed by atoms with E-state index >= 15 is 0 Å². The van der Waals surface area contributed by atoms with Crippen molar-refractivity contribution in [2.75, 3.05) is 5.75 Å². The van der Waals surface area contributed by atoms with Crippen LogP contribution in [0.2, 0.25) is 10.0 Å². The summed E-state index contributed by atoms with van der Waals surface area (Å²) in [7, 11) is 1.54. The van der Waals surface area contributed by atoms with Crippen LogP contribution in [0, 0.1) is 0 Å². The van der Waals surface area contributed by atoms with Crippen LogP contribution in [-0.4, -0.2) is 30.6 Å². The number of aromatic nitrogens is 4. The third kappa shape index (κ3) is 4.46. The van der Waals surface area contributed by atoms with E-state index in [9.17, 15) is 14.4 Å². The Morgan fingerprint density at radius 1 is 1.03 bits per heavy atom. The number of nitrogens with zero attached hydrogens (tertiary/aromatic N) is 3. The molecule has 0 saturated carbocycles. The van der Waals surface area contributed by atoms with Crippen molar-refractivity contribution in [3.8, 4) is 0 Å². The molecule has 0 aliphatic rings. The number of fused-ring (bicyclic) bond motifs is 1. The van der Waals surface area contributed by atoms with E-state index in [-0.39, 0.29) is 22.7 Å². The molecule has 0 unspecified atom stereocenters. The number of carbonyl (C=O) groups is 1. The number of imidazole rings is 1. The number of nitrogens with one attached hydrogen (secondary N) is 1. The minimum atomic E-state index is -0.553. The minimum Gasteiger partial charge on any atom is -0.309 e. The van der Waals surface area contributed by atoms with Crippen LogP contribution in [0.1, 0.15) is 15.9 Å². The van der Waals surface area contributed by atoms with Crippen LogP contribution < -0.4 is 11.2 Å². The fraction of sp³-hybridized carbons (Fsp3) is 0.143. The van der Waals surface area contributed by atoms with Gasteiger partial charge in [-0.1, -0.05) is 47.1 Å². The third-order valence-electron chi connectivity index (χ3n) is 4.72. The van der Waals surface area contributed by atoms with Crippen molar-refractivity contribution >= 4 is 51.9 Å². The van der Waals surface area contributed by atoms with Crippen molar-refractivity contribution in [3.05, 3.63) is 90.5 Å². The molecule has 4 rings (SSSR count). The summed E-state index contributed by atoms with van der Waals surface area (Å²) >= 11 is 13.1. The number of aryl methyl sites for hydroxylation is 1. The summed E-state index contributed by atoms with van der Waals surface area (Å²) in [5.74, 6) is 0.00630. The Balaban J connectivity index is 1.73. The van der Waals surface area contributed by atoms with Gasteiger partial charge in [-0.15, -0.1) is 0 Å². The van der Waals surface area contributed by atoms with Gasteiger partial charge >= 0.3 is 5.69 Å². The molecular weight excluding hydrogens is 459 g/mol. The van der Waals surface area contributed by atoms with Gasteiger partial charge in [0, 0.05) is 22.7 Å². The summed E-state index contributed by atoms with van der Waals surface area (Å²) in [4.78, 5) is 44.0. The van der Waals surface area contributed by atoms with Crippen molar-refractivity contribution in [1.29, 1.82) is 0 Å². The van der Waals surface area contributed by atoms with E-state index in [0.29, 0.717) is 27.3 Å². The molecule has 0 spiro atoms. The lowest BCUT2D eigenvalue weighted by molar-refractivity contribution is 0.102. The highest BCUT2D eigenvalue weighted by Gasteiger charge is 2.19. The number of hydrogen-bond acceptors (Lipinski definition) is 5. The fourth-order valence-electron chi connectivity index (χ4n) is 3.09. The summed E-state index contributed by atoms with van der Waals surface area (Å²) in [6.07, 6.45) is 0. The molecule has 0 aliphatic carbocycles. The molecule has 4 aromatic rings. The molecule has 0 aliphatic heterocycles. The number of benzene rings is 2. The van der Waals surface area contributed by atoms with Crippen LogP contribution in [0.15, 0.2) is 63.3 Å². The molecule has 158 valence electrons. The lowest BCUT2D eigenvalue weighted by Gasteiger charge is -2.09. The van der Waals surface area contributed by atoms with Crippen molar-refractivity contribution in [3.63, 3.8) is 0 Å². The summed E-state index contributed by atoms with van der Waals surface area (Å²) in [5, 5.41) is 1.61. The maximum atomic E-state index is 12.6. The van der Waals surface area contributed by atoms with Gasteiger partial charge in [-0.2, -0.15) is 0 Å². The predicted molar refractivity (Wildman–Crippen MR) is 123 cm³/mol. The second-order valence-corrected chi connectivity index (χ2v) is 8.63. The van der Waals surface area contributed by atoms with Crippen molar-refractivity contribution in [2.45, 2.75) is 11.7 Å². The van der Waals surface area contributed by atoms with E-state index in [1.54, 1.807) is 41.0 Å². The van der Waals surface area contributed by atoms with E-state index in [1.165, 1.54) is 23.4 Å². The van der Waals surface area contributed by atoms with E-state index in [4.69, 9.17) is 23.2 Å². The third-order valence-corrected chi connectivity index (χ3v) is 6.20. The van der Waals surface area contributed by atoms with Gasteiger partial charge in [0.1, 0.15) is 0 Å². The first-order valence-electron chi connectivity index (χ1n) is 9.19. The first kappa shape index (κ1) is 21.4. The molecule has 0 radical (unpaired) electrons. The second kappa shape index (κ2) is 8.74. The molecule has 7 nitrogen and oxygen atoms in total. The summed E-state index contributed by atoms with van der Waals surface area (Å²) in [6, 6.07) is 13.8. The first-order valence-corrected chi connectivity index (χ1v) is 10.9. The lowest BCUT2D eigenvalue weighted by Crippen LogP contribution is -2.29. The molecule has 0 bridgehead atoms. The Morgan fingerprint density at radius 2 is 1.65 bits per heavy atom. The van der Waals surface area contributed by atoms with Gasteiger partial charge in [0.05, 0.1) is 12.3 Å². The predicted octanol–water partition coefficient (Wildman–Crippen LogP) is 3.75. The van der Waals surface area contributed by atoms with Crippen LogP contribution in [-0.2, 0) is 13.6 Å². The van der Waals surface area contributed by atoms with Crippen molar-refractivity contribution in [1.82, 2.24) is 19.1 Å². The Bertz CT molecular complexity index is 1390. The smallest absolute Gasteiger partial charge is 0.309 e. The molecule has 1 N–H and O–H groups in total. The molecule has 2 aromatic carbocycles. The van der Waals surface area contributed by atoms with Crippen LogP contribution in [0.3, 0.4) is 0 Å². The zero-order valence-corrected chi connectivity index (χ0v) is 18.6. The summed E-state index contributed by atoms with van der Waals surface area (Å²) in [5.41, 5.74) is 0.853. The lowest BCUT2D eigenvalue weighted by atomic mass is 10.1. The standard InChI is InChI=1S/C21H16Cl2N4O3S/c1-26-18-17(19(29)25-20(26)30)27(10-12-2-6-14(22)7-3-12)21(24-18)31-11-16(28)13-4-8-15(23)9-5-13/h2-9H,10-11H2,1H3,(H,25,29,30). The van der Waals surface area contributed by atoms with Gasteiger partial charge in [-0.3, -0.25) is 19.1 Å². The second-order valence-electron chi connectivity index (χ2n) is 6.82. The molecule has 0 fully saturated rings. The van der Waals surface area contributed by atoms with Crippen LogP contribution in [0.5, 0.6) is 0 Å². The number of ketones is 1. The minimum absolute atomic E-state index is 0.102. The Labute approximate surface area is 190 Å². The number of Topliss-reactive ketones (excluding diaryl/α,β-unsaturated/α-hetero) is 1. The van der Waals surface area contributed by atoms with Gasteiger partial charge in [-0.25, -0.2) is 9.78 Å². The summed E-state index contributed by atoms with van der Waals surface area (Å²) in [6.45, 7) is 0.326. The number of halogens is 2. The van der Waals surface area contributed by atoms with Gasteiger partial charge in [0.25, 0.3) is 5.56 Å². The highest BCUT2D eigenvalue weighted by Crippen LogP contribution is 2.24. The van der Waals surface area contributed by atoms with E-state index in [0.717, 1.165) is 5.56 Å². The van der Waals surface area contributed by atoms with Gasteiger partial charge < -0.3 is 4.57 Å². The number of hydrogen-bond donors (Lipinski definition) is 1. The highest BCUT2D eigenvalue weighted by atomic mass is 35.5. The molecule has 0 saturated heterocycles. The van der Waals surface area contributed by atoms with E-state index in [2.05, 4.69) is 9.97 Å². The number of thioether (sulfide) groups is 1. The zero-order chi connectivity index (χ0) is 22.1. The quantitative estimate of drug-likeness (QED) is 0.339. The number of carbonyl (C=O) groups excluding carboxylic acids is 1. The van der Waals surface area contributed by atoms with Gasteiger partial charge in [0.15, 0.2) is 22.1 Å². The largest absolute Gasteiger partial charge is 0.329 e. The molecule has 2 heterocycles. The molecule has 10 heteroatoms. The van der Waals surface area contributed by atoms with E-state index in [1.807, 2.05) is 12.1 Å². The Hall–Kier alpha value is -2.81. The maximum Gasteiger partial charge on any atom is 0.329 e. The van der Waals surface area contributed by atoms with Crippen LogP contribution >= 0.6 is 35.0 Å². The Kier molecular flexibility index (Phi) is 6.04. The average molecular weight is 475 g/mol. The maximum absolute atomic E-state index is 12.6. The van der Waals surface area contributed by atoms with Crippen LogP contribution in [0.4, 0.5) is 0 Å². The van der Waals surface area contributed by atoms with Gasteiger partial charge in [0.2, 0.25) is 0 Å². The molecule has 31 heavy (non-hydrogen) atoms. The highest BCUT2D eigenvalue weighted by molar-refractivity contribution is 7.99. The molecule has 2 aromatic heterocycles. The molecular formula is C21H16Cl2N4O3S. The Morgan fingerprint density at radius 3 is 2.29 bits per heavy atom. The first-order chi connectivity index (χ1) is 14.8. The number of aromatic amines is 1. The van der Waals surface area contributed by atoms with Crippen LogP contribution in [0.25, 0.3) is 11.2 Å². The summed E-state index contributed by atoms with van der Waals surface area (Å²) < 4.78 is 2.98. The molecule has 0 amide bonds. The SMILES string of the molecule is Cn1c(=O)[nH]c(=O)c2c1nc(SCC(=O)c1ccc(Cl)cc1)n2Cc1ccc(Cl)cc1. The number of H-pyrrole nitrogens is 1. The fourth-order valence-corrected chi connectivity index (χ4v) is 4.23. The zero-order valence-electron chi connectivity index (χ0n) is 16.3. The average Bonchev–Trinajstić information content (AvgIpc) is 3.11. The molecule has 0 atom stereocenters. The van der Waals surface area contributed by atoms with Crippen molar-refractivity contribution in [2.24, 2.45) is 7.05 Å². The number of rotatable bonds is 6. The normalized spacial score (nSPS) is 11.2. The van der Waals surface area contributed by atoms with E-state index < -0.39 is 11.2 Å². The van der Waals surface area contributed by atoms with Crippen molar-refractivity contribution < 1.29 is 4.79 Å².